The van der Waals surface area contributed by atoms with Crippen LogP contribution < -0.4 is 5.32 Å². The van der Waals surface area contributed by atoms with E-state index in [-0.39, 0.29) is 31.7 Å². The molecule has 1 saturated heterocycles. The van der Waals surface area contributed by atoms with Crippen LogP contribution in [0.5, 0.6) is 0 Å². The smallest absolute Gasteiger partial charge is 0.333 e. The van der Waals surface area contributed by atoms with Gasteiger partial charge in [-0.05, 0) is 18.6 Å². The van der Waals surface area contributed by atoms with Crippen molar-refractivity contribution in [3.8, 4) is 0 Å². The fourth-order valence-corrected chi connectivity index (χ4v) is 2.06. The molecule has 0 radical (unpaired) electrons. The van der Waals surface area contributed by atoms with E-state index >= 15 is 0 Å². The highest BCUT2D eigenvalue weighted by Crippen LogP contribution is 2.12. The van der Waals surface area contributed by atoms with Crippen molar-refractivity contribution >= 4 is 30.0 Å². The third-order valence-corrected chi connectivity index (χ3v) is 3.35. The second kappa shape index (κ2) is 8.00. The summed E-state index contributed by atoms with van der Waals surface area (Å²) in [5.41, 5.74) is 0.872. The van der Waals surface area contributed by atoms with Gasteiger partial charge in [0.15, 0.2) is 0 Å². The number of imide groups is 1. The molecule has 0 unspecified atom stereocenters. The Hall–Kier alpha value is -3.03. The average Bonchev–Trinajstić information content (AvgIpc) is 2.90. The molecule has 0 aromatic heterocycles. The van der Waals surface area contributed by atoms with Crippen LogP contribution in [0, 0.1) is 0 Å². The zero-order chi connectivity index (χ0) is 17.5. The molecule has 1 aliphatic heterocycles. The predicted molar refractivity (Wildman–Crippen MR) is 80.6 cm³/mol. The molecular weight excluding hydrogens is 316 g/mol. The highest BCUT2D eigenvalue weighted by Gasteiger charge is 2.32. The fourth-order valence-electron chi connectivity index (χ4n) is 2.06. The largest absolute Gasteiger partial charge is 0.352 e. The number of carbonyl (C=O) groups is 5. The van der Waals surface area contributed by atoms with Gasteiger partial charge in [0, 0.05) is 36.9 Å². The first-order valence-electron chi connectivity index (χ1n) is 7.41. The van der Waals surface area contributed by atoms with Crippen molar-refractivity contribution in [2.24, 2.45) is 0 Å². The maximum Gasteiger partial charge on any atom is 0.333 e. The maximum atomic E-state index is 11.8. The molecule has 0 spiro atoms. The minimum atomic E-state index is -0.705. The van der Waals surface area contributed by atoms with Gasteiger partial charge >= 0.3 is 5.97 Å². The van der Waals surface area contributed by atoms with Crippen LogP contribution in [0.25, 0.3) is 0 Å². The zero-order valence-electron chi connectivity index (χ0n) is 12.8. The summed E-state index contributed by atoms with van der Waals surface area (Å²) in [6.45, 7) is 0.227. The normalized spacial score (nSPS) is 13.8. The minimum Gasteiger partial charge on any atom is -0.352 e. The molecule has 3 amide bonds. The number of hydrogen-bond acceptors (Lipinski definition) is 6. The first-order chi connectivity index (χ1) is 11.5. The van der Waals surface area contributed by atoms with Gasteiger partial charge in [0.1, 0.15) is 6.29 Å². The standard InChI is InChI=1S/C16H16N2O6/c19-10-11-3-5-12(6-4-11)16(23)17-9-1-2-15(22)24-18-13(20)7-8-14(18)21/h3-6,10H,1-2,7-9H2,(H,17,23). The Morgan fingerprint density at radius 2 is 1.75 bits per heavy atom. The van der Waals surface area contributed by atoms with Gasteiger partial charge in [-0.15, -0.1) is 5.06 Å². The van der Waals surface area contributed by atoms with E-state index < -0.39 is 17.8 Å². The Morgan fingerprint density at radius 3 is 2.33 bits per heavy atom. The number of nitrogens with zero attached hydrogens (tertiary/aromatic N) is 1. The van der Waals surface area contributed by atoms with E-state index in [1.165, 1.54) is 24.3 Å². The van der Waals surface area contributed by atoms with Crippen LogP contribution in [0.4, 0.5) is 0 Å². The molecule has 8 nitrogen and oxygen atoms in total. The van der Waals surface area contributed by atoms with Crippen molar-refractivity contribution in [1.29, 1.82) is 0 Å². The molecule has 8 heteroatoms. The molecule has 1 heterocycles. The fraction of sp³-hybridized carbons (Fsp3) is 0.312. The zero-order valence-corrected chi connectivity index (χ0v) is 12.8. The lowest BCUT2D eigenvalue weighted by atomic mass is 10.1. The molecule has 0 aliphatic carbocycles. The lowest BCUT2D eigenvalue weighted by Crippen LogP contribution is -2.32. The van der Waals surface area contributed by atoms with Crippen molar-refractivity contribution in [3.05, 3.63) is 35.4 Å². The maximum absolute atomic E-state index is 11.8. The van der Waals surface area contributed by atoms with Gasteiger partial charge in [-0.25, -0.2) is 4.79 Å². The molecule has 1 fully saturated rings. The van der Waals surface area contributed by atoms with Crippen LogP contribution in [0.1, 0.15) is 46.4 Å². The van der Waals surface area contributed by atoms with Gasteiger partial charge < -0.3 is 10.2 Å². The van der Waals surface area contributed by atoms with E-state index in [2.05, 4.69) is 5.32 Å². The molecular formula is C16H16N2O6. The summed E-state index contributed by atoms with van der Waals surface area (Å²) in [7, 11) is 0. The Kier molecular flexibility index (Phi) is 5.78. The third-order valence-electron chi connectivity index (χ3n) is 3.35. The van der Waals surface area contributed by atoms with E-state index in [0.29, 0.717) is 28.9 Å². The summed E-state index contributed by atoms with van der Waals surface area (Å²) in [5.74, 6) is -2.09. The van der Waals surface area contributed by atoms with Crippen molar-refractivity contribution in [2.45, 2.75) is 25.7 Å². The summed E-state index contributed by atoms with van der Waals surface area (Å²) in [4.78, 5) is 61.2. The quantitative estimate of drug-likeness (QED) is 0.445. The Labute approximate surface area is 137 Å². The molecule has 0 saturated carbocycles. The molecule has 0 atom stereocenters. The monoisotopic (exact) mass is 332 g/mol. The molecule has 1 aromatic carbocycles. The van der Waals surface area contributed by atoms with Crippen LogP contribution in [0.15, 0.2) is 24.3 Å². The molecule has 1 aliphatic rings. The van der Waals surface area contributed by atoms with Gasteiger partial charge in [-0.1, -0.05) is 12.1 Å². The number of aldehydes is 1. The molecule has 1 aromatic rings. The average molecular weight is 332 g/mol. The van der Waals surface area contributed by atoms with Crippen LogP contribution >= 0.6 is 0 Å². The second-order valence-electron chi connectivity index (χ2n) is 5.14. The lowest BCUT2D eigenvalue weighted by Gasteiger charge is -2.12. The Balaban J connectivity index is 1.69. The van der Waals surface area contributed by atoms with E-state index in [9.17, 15) is 24.0 Å². The highest BCUT2D eigenvalue weighted by atomic mass is 16.7. The van der Waals surface area contributed by atoms with Crippen molar-refractivity contribution in [3.63, 3.8) is 0 Å². The third kappa shape index (κ3) is 4.48. The number of amides is 3. The van der Waals surface area contributed by atoms with Gasteiger partial charge in [-0.3, -0.25) is 19.2 Å². The van der Waals surface area contributed by atoms with Crippen molar-refractivity contribution < 1.29 is 28.8 Å². The number of benzene rings is 1. The Bertz CT molecular complexity index is 652. The minimum absolute atomic E-state index is 0.0403. The van der Waals surface area contributed by atoms with Crippen LogP contribution in [-0.4, -0.2) is 41.6 Å². The van der Waals surface area contributed by atoms with Gasteiger partial charge in [0.2, 0.25) is 0 Å². The van der Waals surface area contributed by atoms with Gasteiger partial charge in [0.05, 0.1) is 0 Å². The summed E-state index contributed by atoms with van der Waals surface area (Å²) in [5, 5.41) is 3.12. The van der Waals surface area contributed by atoms with Crippen LogP contribution in [-0.2, 0) is 19.2 Å². The number of nitrogens with one attached hydrogen (secondary N) is 1. The molecule has 1 N–H and O–H groups in total. The summed E-state index contributed by atoms with van der Waals surface area (Å²) >= 11 is 0. The van der Waals surface area contributed by atoms with Crippen LogP contribution in [0.3, 0.4) is 0 Å². The summed E-state index contributed by atoms with van der Waals surface area (Å²) in [6, 6.07) is 6.11. The van der Waals surface area contributed by atoms with Crippen molar-refractivity contribution in [1.82, 2.24) is 10.4 Å². The van der Waals surface area contributed by atoms with E-state index in [0.717, 1.165) is 0 Å². The molecule has 2 rings (SSSR count). The number of rotatable bonds is 7. The molecule has 0 bridgehead atoms. The topological polar surface area (TPSA) is 110 Å². The summed E-state index contributed by atoms with van der Waals surface area (Å²) < 4.78 is 0. The van der Waals surface area contributed by atoms with E-state index in [1.54, 1.807) is 0 Å². The van der Waals surface area contributed by atoms with Gasteiger partial charge in [-0.2, -0.15) is 0 Å². The first kappa shape index (κ1) is 17.3. The number of carbonyl (C=O) groups excluding carboxylic acids is 5. The lowest BCUT2D eigenvalue weighted by molar-refractivity contribution is -0.197. The molecule has 24 heavy (non-hydrogen) atoms. The van der Waals surface area contributed by atoms with Crippen LogP contribution in [0.2, 0.25) is 0 Å². The SMILES string of the molecule is O=Cc1ccc(C(=O)NCCCC(=O)ON2C(=O)CCC2=O)cc1. The predicted octanol–water partition coefficient (Wildman–Crippen LogP) is 0.616. The highest BCUT2D eigenvalue weighted by molar-refractivity contribution is 6.01. The van der Waals surface area contributed by atoms with Gasteiger partial charge in [0.25, 0.3) is 17.7 Å². The first-order valence-corrected chi connectivity index (χ1v) is 7.41. The van der Waals surface area contributed by atoms with Crippen molar-refractivity contribution in [2.75, 3.05) is 6.54 Å². The summed E-state index contributed by atoms with van der Waals surface area (Å²) in [6.07, 6.45) is 1.04. The molecule has 126 valence electrons. The number of hydrogen-bond donors (Lipinski definition) is 1. The van der Waals surface area contributed by atoms with E-state index in [4.69, 9.17) is 4.84 Å². The number of hydroxylamine groups is 2. The second-order valence-corrected chi connectivity index (χ2v) is 5.14. The Morgan fingerprint density at radius 1 is 1.12 bits per heavy atom. The van der Waals surface area contributed by atoms with E-state index in [1.807, 2.05) is 0 Å².